The molecule has 1 atom stereocenters. The quantitative estimate of drug-likeness (QED) is 0.795. The highest BCUT2D eigenvalue weighted by Crippen LogP contribution is 2.28. The predicted octanol–water partition coefficient (Wildman–Crippen LogP) is 4.50. The number of carbonyl (C=O) groups is 1. The Balaban J connectivity index is 1.94. The number of hydrogen-bond acceptors (Lipinski definition) is 5. The van der Waals surface area contributed by atoms with Crippen LogP contribution >= 0.6 is 22.9 Å². The summed E-state index contributed by atoms with van der Waals surface area (Å²) in [6.45, 7) is 5.93. The van der Waals surface area contributed by atoms with Gasteiger partial charge < -0.3 is 4.74 Å². The van der Waals surface area contributed by atoms with Crippen molar-refractivity contribution in [3.8, 4) is 5.75 Å². The van der Waals surface area contributed by atoms with Crippen molar-refractivity contribution in [2.24, 2.45) is 0 Å². The van der Waals surface area contributed by atoms with Gasteiger partial charge in [0.1, 0.15) is 10.8 Å². The zero-order chi connectivity index (χ0) is 16.8. The van der Waals surface area contributed by atoms with Crippen LogP contribution in [-0.2, 0) is 4.79 Å². The molecular formula is C16H20ClN3O2S. The first-order valence-corrected chi connectivity index (χ1v) is 8.79. The number of benzene rings is 1. The second-order valence-electron chi connectivity index (χ2n) is 5.16. The molecule has 1 N–H and O–H groups in total. The van der Waals surface area contributed by atoms with Crippen LogP contribution in [0.2, 0.25) is 5.02 Å². The highest BCUT2D eigenvalue weighted by atomic mass is 35.5. The third-order valence-electron chi connectivity index (χ3n) is 3.50. The molecular weight excluding hydrogens is 334 g/mol. The summed E-state index contributed by atoms with van der Waals surface area (Å²) in [4.78, 5) is 12.2. The first-order valence-electron chi connectivity index (χ1n) is 7.60. The number of hydrogen-bond donors (Lipinski definition) is 1. The van der Waals surface area contributed by atoms with Crippen LogP contribution in [-0.4, -0.2) is 22.2 Å². The topological polar surface area (TPSA) is 64.1 Å². The Morgan fingerprint density at radius 3 is 2.52 bits per heavy atom. The van der Waals surface area contributed by atoms with Gasteiger partial charge in [0.05, 0.1) is 0 Å². The molecule has 2 aromatic rings. The van der Waals surface area contributed by atoms with E-state index < -0.39 is 6.10 Å². The van der Waals surface area contributed by atoms with Crippen molar-refractivity contribution in [3.63, 3.8) is 0 Å². The Morgan fingerprint density at radius 2 is 1.91 bits per heavy atom. The number of carbonyl (C=O) groups excluding carboxylic acids is 1. The fourth-order valence-electron chi connectivity index (χ4n) is 2.07. The molecule has 0 unspecified atom stereocenters. The molecule has 0 saturated carbocycles. The minimum atomic E-state index is -0.642. The molecule has 1 aromatic heterocycles. The average molecular weight is 354 g/mol. The maximum absolute atomic E-state index is 12.2. The van der Waals surface area contributed by atoms with Gasteiger partial charge in [-0.2, -0.15) is 0 Å². The van der Waals surface area contributed by atoms with Crippen LogP contribution in [0.5, 0.6) is 5.75 Å². The first kappa shape index (κ1) is 17.7. The summed E-state index contributed by atoms with van der Waals surface area (Å²) in [5, 5.41) is 13.0. The lowest BCUT2D eigenvalue weighted by Crippen LogP contribution is -2.30. The molecule has 0 bridgehead atoms. The molecule has 1 aromatic carbocycles. The number of nitrogens with one attached hydrogen (secondary N) is 1. The van der Waals surface area contributed by atoms with Gasteiger partial charge in [0.15, 0.2) is 6.10 Å². The van der Waals surface area contributed by atoms with Gasteiger partial charge in [-0.1, -0.05) is 36.8 Å². The van der Waals surface area contributed by atoms with Crippen molar-refractivity contribution in [2.75, 3.05) is 5.32 Å². The van der Waals surface area contributed by atoms with E-state index in [4.69, 9.17) is 16.3 Å². The lowest BCUT2D eigenvalue weighted by molar-refractivity contribution is -0.122. The molecule has 0 spiro atoms. The molecule has 1 amide bonds. The minimum absolute atomic E-state index is 0.257. The molecule has 7 heteroatoms. The van der Waals surface area contributed by atoms with Gasteiger partial charge >= 0.3 is 0 Å². The van der Waals surface area contributed by atoms with E-state index in [2.05, 4.69) is 29.4 Å². The number of halogens is 1. The lowest BCUT2D eigenvalue weighted by Gasteiger charge is -2.13. The number of amides is 1. The maximum Gasteiger partial charge on any atom is 0.266 e. The molecule has 0 fully saturated rings. The molecule has 23 heavy (non-hydrogen) atoms. The highest BCUT2D eigenvalue weighted by Gasteiger charge is 2.18. The van der Waals surface area contributed by atoms with Crippen LogP contribution in [0.15, 0.2) is 24.3 Å². The molecule has 0 aliphatic rings. The van der Waals surface area contributed by atoms with E-state index >= 15 is 0 Å². The smallest absolute Gasteiger partial charge is 0.266 e. The first-order chi connectivity index (χ1) is 11.0. The van der Waals surface area contributed by atoms with E-state index in [9.17, 15) is 4.79 Å². The van der Waals surface area contributed by atoms with Crippen molar-refractivity contribution in [3.05, 3.63) is 34.3 Å². The summed E-state index contributed by atoms with van der Waals surface area (Å²) in [6.07, 6.45) is 1.38. The van der Waals surface area contributed by atoms with Gasteiger partial charge in [-0.3, -0.25) is 10.1 Å². The number of ether oxygens (including phenoxy) is 1. The van der Waals surface area contributed by atoms with Crippen molar-refractivity contribution >= 4 is 34.0 Å². The van der Waals surface area contributed by atoms with Crippen LogP contribution in [0, 0.1) is 0 Å². The predicted molar refractivity (Wildman–Crippen MR) is 93.4 cm³/mol. The maximum atomic E-state index is 12.2. The summed E-state index contributed by atoms with van der Waals surface area (Å²) in [5.41, 5.74) is 0. The fraction of sp³-hybridized carbons (Fsp3) is 0.438. The Kier molecular flexibility index (Phi) is 6.36. The standard InChI is InChI=1S/C16H20ClN3O2S/c1-4-11(5-2)15-19-20-16(23-15)18-14(21)10(3)22-13-8-6-12(17)7-9-13/h6-11H,4-5H2,1-3H3,(H,18,20,21)/t10-/m0/s1. The SMILES string of the molecule is CCC(CC)c1nnc(NC(=O)[C@H](C)Oc2ccc(Cl)cc2)s1. The van der Waals surface area contributed by atoms with E-state index in [1.807, 2.05) is 0 Å². The number of anilines is 1. The Labute approximate surface area is 145 Å². The van der Waals surface area contributed by atoms with Crippen LogP contribution in [0.4, 0.5) is 5.13 Å². The summed E-state index contributed by atoms with van der Waals surface area (Å²) in [5.74, 6) is 0.722. The molecule has 1 heterocycles. The summed E-state index contributed by atoms with van der Waals surface area (Å²) in [7, 11) is 0. The molecule has 0 aliphatic carbocycles. The van der Waals surface area contributed by atoms with Crippen molar-refractivity contribution in [2.45, 2.75) is 45.6 Å². The molecule has 124 valence electrons. The van der Waals surface area contributed by atoms with E-state index in [0.29, 0.717) is 21.8 Å². The largest absolute Gasteiger partial charge is 0.481 e. The average Bonchev–Trinajstić information content (AvgIpc) is 2.99. The zero-order valence-electron chi connectivity index (χ0n) is 13.4. The van der Waals surface area contributed by atoms with Crippen molar-refractivity contribution < 1.29 is 9.53 Å². The number of nitrogens with zero attached hydrogens (tertiary/aromatic N) is 2. The van der Waals surface area contributed by atoms with Gasteiger partial charge in [0.2, 0.25) is 5.13 Å². The molecule has 5 nitrogen and oxygen atoms in total. The summed E-state index contributed by atoms with van der Waals surface area (Å²) >= 11 is 7.24. The van der Waals surface area contributed by atoms with Gasteiger partial charge in [0.25, 0.3) is 5.91 Å². The highest BCUT2D eigenvalue weighted by molar-refractivity contribution is 7.15. The monoisotopic (exact) mass is 353 g/mol. The minimum Gasteiger partial charge on any atom is -0.481 e. The lowest BCUT2D eigenvalue weighted by atomic mass is 10.1. The fourth-order valence-corrected chi connectivity index (χ4v) is 3.20. The second kappa shape index (κ2) is 8.26. The Morgan fingerprint density at radius 1 is 1.26 bits per heavy atom. The molecule has 2 rings (SSSR count). The van der Waals surface area contributed by atoms with Crippen LogP contribution < -0.4 is 10.1 Å². The van der Waals surface area contributed by atoms with E-state index in [0.717, 1.165) is 17.8 Å². The van der Waals surface area contributed by atoms with E-state index in [1.165, 1.54) is 11.3 Å². The second-order valence-corrected chi connectivity index (χ2v) is 6.61. The third-order valence-corrected chi connectivity index (χ3v) is 4.75. The van der Waals surface area contributed by atoms with Gasteiger partial charge in [-0.25, -0.2) is 0 Å². The van der Waals surface area contributed by atoms with Gasteiger partial charge in [-0.15, -0.1) is 10.2 Å². The Bertz CT molecular complexity index is 641. The normalized spacial score (nSPS) is 12.2. The Hall–Kier alpha value is -1.66. The molecule has 0 saturated heterocycles. The van der Waals surface area contributed by atoms with Crippen LogP contribution in [0.1, 0.15) is 44.5 Å². The van der Waals surface area contributed by atoms with E-state index in [1.54, 1.807) is 31.2 Å². The zero-order valence-corrected chi connectivity index (χ0v) is 14.9. The third kappa shape index (κ3) is 4.91. The summed E-state index contributed by atoms with van der Waals surface area (Å²) in [6, 6.07) is 6.88. The van der Waals surface area contributed by atoms with Crippen LogP contribution in [0.25, 0.3) is 0 Å². The number of aromatic nitrogens is 2. The van der Waals surface area contributed by atoms with Crippen LogP contribution in [0.3, 0.4) is 0 Å². The van der Waals surface area contributed by atoms with Gasteiger partial charge in [0, 0.05) is 10.9 Å². The molecule has 0 aliphatic heterocycles. The van der Waals surface area contributed by atoms with Gasteiger partial charge in [-0.05, 0) is 44.0 Å². The van der Waals surface area contributed by atoms with E-state index in [-0.39, 0.29) is 5.91 Å². The summed E-state index contributed by atoms with van der Waals surface area (Å²) < 4.78 is 5.59. The number of rotatable bonds is 7. The van der Waals surface area contributed by atoms with Crippen molar-refractivity contribution in [1.29, 1.82) is 0 Å². The molecule has 0 radical (unpaired) electrons. The van der Waals surface area contributed by atoms with Crippen molar-refractivity contribution in [1.82, 2.24) is 10.2 Å².